The molecule has 3 rings (SSSR count). The van der Waals surface area contributed by atoms with Gasteiger partial charge in [0.15, 0.2) is 0 Å². The van der Waals surface area contributed by atoms with Crippen LogP contribution in [0, 0.1) is 20.8 Å². The molecule has 0 fully saturated rings. The maximum atomic E-state index is 12.1. The van der Waals surface area contributed by atoms with Crippen molar-refractivity contribution in [3.8, 4) is 5.69 Å². The molecule has 0 bridgehead atoms. The molecule has 0 aliphatic heterocycles. The van der Waals surface area contributed by atoms with Gasteiger partial charge in [-0.15, -0.1) is 0 Å². The van der Waals surface area contributed by atoms with E-state index < -0.39 is 0 Å². The number of carbonyl (C=O) groups is 1. The lowest BCUT2D eigenvalue weighted by Gasteiger charge is -2.06. The molecule has 5 heteroatoms. The summed E-state index contributed by atoms with van der Waals surface area (Å²) in [6.45, 7) is 7.89. The van der Waals surface area contributed by atoms with Crippen LogP contribution in [0.1, 0.15) is 39.8 Å². The Labute approximate surface area is 159 Å². The third-order valence-corrected chi connectivity index (χ3v) is 4.31. The fourth-order valence-corrected chi connectivity index (χ4v) is 2.87. The Balaban J connectivity index is 1.82. The van der Waals surface area contributed by atoms with Crippen LogP contribution in [0.4, 0.5) is 5.69 Å². The van der Waals surface area contributed by atoms with Crippen LogP contribution in [0.5, 0.6) is 0 Å². The van der Waals surface area contributed by atoms with Crippen molar-refractivity contribution >= 4 is 17.9 Å². The van der Waals surface area contributed by atoms with Gasteiger partial charge in [-0.1, -0.05) is 29.8 Å². The maximum absolute atomic E-state index is 12.1. The van der Waals surface area contributed by atoms with Crippen LogP contribution in [0.3, 0.4) is 0 Å². The molecule has 27 heavy (non-hydrogen) atoms. The third-order valence-electron chi connectivity index (χ3n) is 4.31. The molecule has 2 aromatic carbocycles. The molecule has 0 aliphatic carbocycles. The minimum Gasteiger partial charge on any atom is -0.462 e. The van der Waals surface area contributed by atoms with E-state index in [1.165, 1.54) is 5.56 Å². The number of benzene rings is 2. The Bertz CT molecular complexity index is 968. The van der Waals surface area contributed by atoms with E-state index in [0.717, 1.165) is 22.6 Å². The van der Waals surface area contributed by atoms with Gasteiger partial charge in [0.05, 0.1) is 29.4 Å². The molecular formula is C22H23N3O2. The maximum Gasteiger partial charge on any atom is 0.341 e. The average molecular weight is 361 g/mol. The van der Waals surface area contributed by atoms with Crippen LogP contribution < -0.4 is 0 Å². The zero-order valence-corrected chi connectivity index (χ0v) is 16.1. The number of carbonyl (C=O) groups excluding carboxylic acids is 1. The number of aliphatic imine (C=N–C) groups is 1. The number of ether oxygens (including phenoxy) is 1. The van der Waals surface area contributed by atoms with Gasteiger partial charge in [0.2, 0.25) is 0 Å². The lowest BCUT2D eigenvalue weighted by molar-refractivity contribution is 0.0524. The predicted molar refractivity (Wildman–Crippen MR) is 107 cm³/mol. The highest BCUT2D eigenvalue weighted by molar-refractivity contribution is 5.92. The zero-order chi connectivity index (χ0) is 19.4. The van der Waals surface area contributed by atoms with Crippen LogP contribution in [-0.2, 0) is 4.74 Å². The Morgan fingerprint density at radius 3 is 2.37 bits per heavy atom. The molecule has 138 valence electrons. The van der Waals surface area contributed by atoms with Crippen molar-refractivity contribution in [1.82, 2.24) is 9.78 Å². The average Bonchev–Trinajstić information content (AvgIpc) is 2.96. The van der Waals surface area contributed by atoms with Crippen molar-refractivity contribution in [2.45, 2.75) is 27.7 Å². The molecule has 0 radical (unpaired) electrons. The van der Waals surface area contributed by atoms with Crippen molar-refractivity contribution in [1.29, 1.82) is 0 Å². The Morgan fingerprint density at radius 1 is 1.07 bits per heavy atom. The van der Waals surface area contributed by atoms with Crippen molar-refractivity contribution in [2.75, 3.05) is 6.61 Å². The van der Waals surface area contributed by atoms with Crippen molar-refractivity contribution in [3.05, 3.63) is 76.6 Å². The number of aromatic nitrogens is 2. The second kappa shape index (κ2) is 7.99. The fraction of sp³-hybridized carbons (Fsp3) is 0.227. The first-order valence-corrected chi connectivity index (χ1v) is 8.94. The lowest BCUT2D eigenvalue weighted by atomic mass is 10.2. The summed E-state index contributed by atoms with van der Waals surface area (Å²) < 4.78 is 6.89. The predicted octanol–water partition coefficient (Wildman–Crippen LogP) is 4.72. The van der Waals surface area contributed by atoms with Crippen LogP contribution in [0.2, 0.25) is 0 Å². The molecule has 1 heterocycles. The summed E-state index contributed by atoms with van der Waals surface area (Å²) in [5, 5.41) is 4.49. The Morgan fingerprint density at radius 2 is 1.74 bits per heavy atom. The SMILES string of the molecule is CCOC(=O)c1c(C)nn(-c2ccc(N=Cc3ccc(C)cc3)cc2)c1C. The van der Waals surface area contributed by atoms with Crippen LogP contribution >= 0.6 is 0 Å². The summed E-state index contributed by atoms with van der Waals surface area (Å²) >= 11 is 0. The van der Waals surface area contributed by atoms with Crippen LogP contribution in [0.15, 0.2) is 53.5 Å². The Kier molecular flexibility index (Phi) is 5.50. The molecule has 0 atom stereocenters. The number of aryl methyl sites for hydroxylation is 2. The smallest absolute Gasteiger partial charge is 0.341 e. The summed E-state index contributed by atoms with van der Waals surface area (Å²) in [6.07, 6.45) is 1.84. The fourth-order valence-electron chi connectivity index (χ4n) is 2.87. The number of esters is 1. The molecule has 0 unspecified atom stereocenters. The first kappa shape index (κ1) is 18.6. The van der Waals surface area contributed by atoms with E-state index in [-0.39, 0.29) is 5.97 Å². The normalized spacial score (nSPS) is 11.1. The molecule has 0 amide bonds. The van der Waals surface area contributed by atoms with Gasteiger partial charge in [0.25, 0.3) is 0 Å². The van der Waals surface area contributed by atoms with Gasteiger partial charge in [-0.25, -0.2) is 9.48 Å². The highest BCUT2D eigenvalue weighted by Gasteiger charge is 2.20. The van der Waals surface area contributed by atoms with Gasteiger partial charge < -0.3 is 4.74 Å². The molecule has 3 aromatic rings. The highest BCUT2D eigenvalue weighted by Crippen LogP contribution is 2.21. The van der Waals surface area contributed by atoms with Gasteiger partial charge in [0.1, 0.15) is 5.56 Å². The van der Waals surface area contributed by atoms with Crippen molar-refractivity contribution in [3.63, 3.8) is 0 Å². The second-order valence-electron chi connectivity index (χ2n) is 6.36. The summed E-state index contributed by atoms with van der Waals surface area (Å²) in [7, 11) is 0. The number of hydrogen-bond acceptors (Lipinski definition) is 4. The van der Waals surface area contributed by atoms with E-state index in [1.807, 2.05) is 56.5 Å². The Hall–Kier alpha value is -3.21. The summed E-state index contributed by atoms with van der Waals surface area (Å²) in [6, 6.07) is 16.0. The summed E-state index contributed by atoms with van der Waals surface area (Å²) in [4.78, 5) is 16.6. The summed E-state index contributed by atoms with van der Waals surface area (Å²) in [5.74, 6) is -0.335. The molecular weight excluding hydrogens is 338 g/mol. The topological polar surface area (TPSA) is 56.5 Å². The van der Waals surface area contributed by atoms with Gasteiger partial charge in [-0.05, 0) is 57.5 Å². The summed E-state index contributed by atoms with van der Waals surface area (Å²) in [5.41, 5.74) is 5.96. The number of hydrogen-bond donors (Lipinski definition) is 0. The van der Waals surface area contributed by atoms with Crippen LogP contribution in [-0.4, -0.2) is 28.6 Å². The lowest BCUT2D eigenvalue weighted by Crippen LogP contribution is -2.07. The molecule has 0 saturated heterocycles. The van der Waals surface area contributed by atoms with Gasteiger partial charge >= 0.3 is 5.97 Å². The van der Waals surface area contributed by atoms with E-state index in [1.54, 1.807) is 11.6 Å². The van der Waals surface area contributed by atoms with E-state index in [4.69, 9.17) is 4.74 Å². The van der Waals surface area contributed by atoms with Crippen molar-refractivity contribution < 1.29 is 9.53 Å². The molecule has 0 saturated carbocycles. The van der Waals surface area contributed by atoms with Gasteiger partial charge in [-0.3, -0.25) is 4.99 Å². The van der Waals surface area contributed by atoms with E-state index in [0.29, 0.717) is 17.9 Å². The number of nitrogens with zero attached hydrogens (tertiary/aromatic N) is 3. The van der Waals surface area contributed by atoms with Crippen LogP contribution in [0.25, 0.3) is 5.69 Å². The van der Waals surface area contributed by atoms with E-state index in [2.05, 4.69) is 29.1 Å². The van der Waals surface area contributed by atoms with E-state index >= 15 is 0 Å². The molecule has 0 N–H and O–H groups in total. The quantitative estimate of drug-likeness (QED) is 0.488. The third kappa shape index (κ3) is 4.14. The highest BCUT2D eigenvalue weighted by atomic mass is 16.5. The van der Waals surface area contributed by atoms with Gasteiger partial charge in [-0.2, -0.15) is 5.10 Å². The number of rotatable bonds is 5. The van der Waals surface area contributed by atoms with Gasteiger partial charge in [0, 0.05) is 6.21 Å². The molecule has 5 nitrogen and oxygen atoms in total. The molecule has 0 spiro atoms. The largest absolute Gasteiger partial charge is 0.462 e. The van der Waals surface area contributed by atoms with E-state index in [9.17, 15) is 4.79 Å². The standard InChI is InChI=1S/C22H23N3O2/c1-5-27-22(26)21-16(3)24-25(17(21)4)20-12-10-19(11-13-20)23-14-18-8-6-15(2)7-9-18/h6-14H,5H2,1-4H3. The molecule has 0 aliphatic rings. The first-order valence-electron chi connectivity index (χ1n) is 8.94. The van der Waals surface area contributed by atoms with Crippen molar-refractivity contribution in [2.24, 2.45) is 4.99 Å². The second-order valence-corrected chi connectivity index (χ2v) is 6.36. The first-order chi connectivity index (χ1) is 13.0. The minimum atomic E-state index is -0.335. The minimum absolute atomic E-state index is 0.335. The monoisotopic (exact) mass is 361 g/mol. The zero-order valence-electron chi connectivity index (χ0n) is 16.1. The molecule has 1 aromatic heterocycles.